The van der Waals surface area contributed by atoms with Crippen LogP contribution in [-0.2, 0) is 32.7 Å². The monoisotopic (exact) mass is 780 g/mol. The normalized spacial score (nSPS) is 12.3. The van der Waals surface area contributed by atoms with Gasteiger partial charge < -0.3 is 20.4 Å². The van der Waals surface area contributed by atoms with E-state index in [9.17, 15) is 14.4 Å². The number of carbonyl (C=O) groups is 3. The number of carbonyl (C=O) groups excluding carboxylic acids is 3. The van der Waals surface area contributed by atoms with Crippen LogP contribution < -0.4 is 32.4 Å². The summed E-state index contributed by atoms with van der Waals surface area (Å²) in [5.41, 5.74) is 14.1. The van der Waals surface area contributed by atoms with Gasteiger partial charge in [0.15, 0.2) is 18.2 Å². The van der Waals surface area contributed by atoms with E-state index < -0.39 is 0 Å². The van der Waals surface area contributed by atoms with Crippen molar-refractivity contribution in [1.29, 1.82) is 0 Å². The Balaban J connectivity index is 0.000000447. The maximum absolute atomic E-state index is 13.3. The number of benzene rings is 1. The third kappa shape index (κ3) is 9.96. The van der Waals surface area contributed by atoms with E-state index in [-0.39, 0.29) is 5.91 Å². The topological polar surface area (TPSA) is 233 Å². The molecule has 302 valence electrons. The molecular formula is C39H52N14O4. The van der Waals surface area contributed by atoms with Crippen molar-refractivity contribution in [2.45, 2.75) is 73.3 Å². The zero-order valence-corrected chi connectivity index (χ0v) is 33.3. The van der Waals surface area contributed by atoms with Crippen molar-refractivity contribution in [1.82, 2.24) is 49.1 Å². The van der Waals surface area contributed by atoms with E-state index >= 15 is 0 Å². The number of nitrogens with two attached hydrogens (primary N) is 2. The molecule has 0 aliphatic heterocycles. The molecule has 1 fully saturated rings. The van der Waals surface area contributed by atoms with Gasteiger partial charge in [-0.2, -0.15) is 10.2 Å². The number of nitrogens with zero attached hydrogens (tertiary/aromatic N) is 9. The highest BCUT2D eigenvalue weighted by molar-refractivity contribution is 6.03. The molecule has 18 nitrogen and oxygen atoms in total. The molecule has 5 heterocycles. The quantitative estimate of drug-likeness (QED) is 0.0405. The van der Waals surface area contributed by atoms with Gasteiger partial charge in [0.2, 0.25) is 11.9 Å². The van der Waals surface area contributed by atoms with Crippen LogP contribution in [0.4, 0.5) is 11.9 Å². The molecule has 1 amide bonds. The van der Waals surface area contributed by atoms with Crippen molar-refractivity contribution in [3.8, 4) is 5.75 Å². The molecule has 1 saturated carbocycles. The minimum atomic E-state index is -0.333. The number of rotatable bonds is 16. The Kier molecular flexibility index (Phi) is 14.4. The highest BCUT2D eigenvalue weighted by atomic mass is 16.5. The second kappa shape index (κ2) is 19.6. The van der Waals surface area contributed by atoms with E-state index in [4.69, 9.17) is 15.6 Å². The molecule has 6 aromatic rings. The number of hydrogen-bond acceptors (Lipinski definition) is 13. The van der Waals surface area contributed by atoms with Crippen LogP contribution in [0.5, 0.6) is 5.75 Å². The van der Waals surface area contributed by atoms with Gasteiger partial charge >= 0.3 is 0 Å². The fourth-order valence-electron chi connectivity index (χ4n) is 6.24. The molecular weight excluding hydrogens is 729 g/mol. The summed E-state index contributed by atoms with van der Waals surface area (Å²) in [5, 5.41) is 14.6. The maximum Gasteiger partial charge on any atom is 0.276 e. The summed E-state index contributed by atoms with van der Waals surface area (Å²) in [6, 6.07) is 9.19. The van der Waals surface area contributed by atoms with E-state index in [2.05, 4.69) is 46.5 Å². The molecule has 0 atom stereocenters. The predicted molar refractivity (Wildman–Crippen MR) is 219 cm³/mol. The average Bonchev–Trinajstić information content (AvgIpc) is 3.51. The number of imidazole rings is 2. The smallest absolute Gasteiger partial charge is 0.276 e. The van der Waals surface area contributed by atoms with Crippen LogP contribution >= 0.6 is 0 Å². The molecule has 57 heavy (non-hydrogen) atoms. The Bertz CT molecular complexity index is 2350. The fraction of sp³-hybridized carbons (Fsp3) is 0.385. The molecule has 0 radical (unpaired) electrons. The van der Waals surface area contributed by atoms with Gasteiger partial charge in [-0.25, -0.2) is 15.0 Å². The number of aromatic nitrogens is 9. The third-order valence-corrected chi connectivity index (χ3v) is 9.07. The maximum atomic E-state index is 13.3. The van der Waals surface area contributed by atoms with Crippen LogP contribution in [0, 0.1) is 19.8 Å². The van der Waals surface area contributed by atoms with Crippen LogP contribution in [-0.4, -0.2) is 82.8 Å². The highest BCUT2D eigenvalue weighted by Gasteiger charge is 2.24. The van der Waals surface area contributed by atoms with Crippen LogP contribution in [0.1, 0.15) is 75.0 Å². The summed E-state index contributed by atoms with van der Waals surface area (Å²) in [4.78, 5) is 48.9. The molecule has 7 rings (SSSR count). The van der Waals surface area contributed by atoms with Crippen molar-refractivity contribution in [2.75, 3.05) is 31.3 Å². The Labute approximate surface area is 330 Å². The van der Waals surface area contributed by atoms with Gasteiger partial charge in [0.25, 0.3) is 5.91 Å². The van der Waals surface area contributed by atoms with E-state index in [0.717, 1.165) is 52.9 Å². The predicted octanol–water partition coefficient (Wildman–Crippen LogP) is 4.02. The molecule has 1 aliphatic carbocycles. The summed E-state index contributed by atoms with van der Waals surface area (Å²) in [7, 11) is 3.34. The summed E-state index contributed by atoms with van der Waals surface area (Å²) < 4.78 is 13.5. The molecule has 5 aromatic heterocycles. The van der Waals surface area contributed by atoms with Gasteiger partial charge in [-0.05, 0) is 89.4 Å². The molecule has 1 aromatic carbocycles. The first-order chi connectivity index (χ1) is 27.7. The SMILES string of the molecule is CCn1nc(C)cc1C(=O)Nc1nc2cc(C=O)cnc2n1C/C=C/Cn1c(NC)nc2cc(CNN)cc(OCC3CC3)c21.CCn1nc(C)cc1C=O.CN. The van der Waals surface area contributed by atoms with Crippen molar-refractivity contribution in [3.63, 3.8) is 0 Å². The first-order valence-corrected chi connectivity index (χ1v) is 18.9. The van der Waals surface area contributed by atoms with Gasteiger partial charge in [-0.15, -0.1) is 0 Å². The minimum Gasteiger partial charge on any atom is -0.491 e. The lowest BCUT2D eigenvalue weighted by molar-refractivity contribution is 0.101. The largest absolute Gasteiger partial charge is 0.491 e. The second-order valence-corrected chi connectivity index (χ2v) is 13.2. The highest BCUT2D eigenvalue weighted by Crippen LogP contribution is 2.34. The summed E-state index contributed by atoms with van der Waals surface area (Å²) in [6.45, 7) is 10.9. The van der Waals surface area contributed by atoms with E-state index in [1.54, 1.807) is 32.1 Å². The molecule has 0 bridgehead atoms. The number of pyridine rings is 1. The second-order valence-electron chi connectivity index (χ2n) is 13.2. The Morgan fingerprint density at radius 2 is 1.58 bits per heavy atom. The average molecular weight is 781 g/mol. The Morgan fingerprint density at radius 3 is 2.21 bits per heavy atom. The molecule has 18 heteroatoms. The van der Waals surface area contributed by atoms with E-state index in [0.29, 0.717) is 78.7 Å². The van der Waals surface area contributed by atoms with Gasteiger partial charge in [-0.1, -0.05) is 12.2 Å². The van der Waals surface area contributed by atoms with E-state index in [1.165, 1.54) is 26.1 Å². The standard InChI is InChI=1S/C31H37N11O3.C7H10N2O.CH5N/c1-4-42-25(11-19(2)39-42)29(44)38-31-37-24-13-22(17-43)15-34-28(24)41(31)10-6-5-9-40-27-23(36-30(40)33-3)12-21(16-35-32)14-26(27)45-18-20-7-8-20;1-3-9-7(5-10)4-6(2)8-9;1-2/h5-6,11-15,17,20,35H,4,7-10,16,18,32H2,1-3H3,(H,33,36)(H,37,38,44);4-5H,3H2,1-2H3;2H2,1H3/b6-5+;;. The molecule has 0 spiro atoms. The van der Waals surface area contributed by atoms with Crippen LogP contribution in [0.15, 0.2) is 48.7 Å². The number of nitrogens with one attached hydrogen (secondary N) is 3. The summed E-state index contributed by atoms with van der Waals surface area (Å²) in [5.74, 6) is 7.66. The van der Waals surface area contributed by atoms with Crippen molar-refractivity contribution < 1.29 is 19.1 Å². The van der Waals surface area contributed by atoms with Crippen LogP contribution in [0.2, 0.25) is 0 Å². The number of anilines is 2. The molecule has 1 aliphatic rings. The first-order valence-electron chi connectivity index (χ1n) is 18.9. The first kappa shape index (κ1) is 41.9. The molecule has 0 unspecified atom stereocenters. The van der Waals surface area contributed by atoms with Crippen LogP contribution in [0.25, 0.3) is 22.2 Å². The van der Waals surface area contributed by atoms with Crippen molar-refractivity contribution >= 4 is 52.6 Å². The van der Waals surface area contributed by atoms with Crippen molar-refractivity contribution in [3.05, 3.63) is 82.6 Å². The van der Waals surface area contributed by atoms with Gasteiger partial charge in [0.1, 0.15) is 28.2 Å². The minimum absolute atomic E-state index is 0.317. The van der Waals surface area contributed by atoms with E-state index in [1.807, 2.05) is 59.0 Å². The van der Waals surface area contributed by atoms with Gasteiger partial charge in [0.05, 0.1) is 23.5 Å². The summed E-state index contributed by atoms with van der Waals surface area (Å²) >= 11 is 0. The number of ether oxygens (including phenoxy) is 1. The third-order valence-electron chi connectivity index (χ3n) is 9.07. The van der Waals surface area contributed by atoms with Gasteiger partial charge in [-0.3, -0.25) is 44.9 Å². The number of hydrogen-bond donors (Lipinski definition) is 5. The number of aryl methyl sites for hydroxylation is 4. The Hall–Kier alpha value is -6.24. The Morgan fingerprint density at radius 1 is 0.895 bits per heavy atom. The van der Waals surface area contributed by atoms with Gasteiger partial charge in [0, 0.05) is 51.5 Å². The van der Waals surface area contributed by atoms with Crippen molar-refractivity contribution in [2.24, 2.45) is 17.5 Å². The number of hydrazine groups is 1. The lowest BCUT2D eigenvalue weighted by atomic mass is 10.2. The zero-order chi connectivity index (χ0) is 41.1. The molecule has 7 N–H and O–H groups in total. The number of aldehydes is 2. The lowest BCUT2D eigenvalue weighted by Crippen LogP contribution is -2.20. The lowest BCUT2D eigenvalue weighted by Gasteiger charge is -2.12. The molecule has 0 saturated heterocycles. The van der Waals surface area contributed by atoms with Crippen LogP contribution in [0.3, 0.4) is 0 Å². The zero-order valence-electron chi connectivity index (χ0n) is 33.3. The number of fused-ring (bicyclic) bond motifs is 2. The fourth-order valence-corrected chi connectivity index (χ4v) is 6.24. The number of amides is 1. The number of allylic oxidation sites excluding steroid dienone is 2. The summed E-state index contributed by atoms with van der Waals surface area (Å²) in [6.07, 6.45) is 9.42.